The first-order valence-corrected chi connectivity index (χ1v) is 13.3. The molecule has 0 spiro atoms. The molecule has 10 heteroatoms. The molecule has 0 aromatic heterocycles. The number of nitrogens with zero attached hydrogens (tertiary/aromatic N) is 2. The molecule has 3 rings (SSSR count). The van der Waals surface area contributed by atoms with Crippen LogP contribution in [0.3, 0.4) is 0 Å². The number of anilines is 1. The molecule has 1 fully saturated rings. The summed E-state index contributed by atoms with van der Waals surface area (Å²) in [7, 11) is -4.32. The van der Waals surface area contributed by atoms with Crippen molar-refractivity contribution < 1.29 is 32.7 Å². The number of ether oxygens (including phenoxy) is 2. The molecule has 0 bridgehead atoms. The summed E-state index contributed by atoms with van der Waals surface area (Å²) in [5.41, 5.74) is -0.590. The predicted octanol–water partition coefficient (Wildman–Crippen LogP) is 4.05. The van der Waals surface area contributed by atoms with Crippen LogP contribution < -0.4 is 9.80 Å². The lowest BCUT2D eigenvalue weighted by Crippen LogP contribution is -2.59. The summed E-state index contributed by atoms with van der Waals surface area (Å²) in [5.74, 6) is 4.91. The standard InChI is InChI=1S/C27H32N2O7S/c1-5-6-20-35-22-12-14-23(15-13-22)37(33,34)27(24(30)29(32)21-10-8-7-9-11-21)16-18-28(19-17-27)25(31)36-26(2,3)4/h7-15,32H,16-20H2,1-4H3. The third kappa shape index (κ3) is 6.24. The third-order valence-electron chi connectivity index (χ3n) is 5.94. The Kier molecular flexibility index (Phi) is 8.51. The zero-order chi connectivity index (χ0) is 27.3. The Morgan fingerprint density at radius 2 is 1.65 bits per heavy atom. The maximum Gasteiger partial charge on any atom is 0.410 e. The highest BCUT2D eigenvalue weighted by atomic mass is 32.2. The minimum Gasteiger partial charge on any atom is -0.481 e. The number of hydroxylamine groups is 1. The van der Waals surface area contributed by atoms with Crippen molar-refractivity contribution >= 4 is 27.5 Å². The minimum atomic E-state index is -4.32. The van der Waals surface area contributed by atoms with Gasteiger partial charge in [0.2, 0.25) is 0 Å². The van der Waals surface area contributed by atoms with Crippen LogP contribution in [-0.2, 0) is 19.4 Å². The molecule has 2 aromatic rings. The predicted molar refractivity (Wildman–Crippen MR) is 138 cm³/mol. The van der Waals surface area contributed by atoms with Crippen molar-refractivity contribution in [2.75, 3.05) is 24.8 Å². The number of hydrogen-bond donors (Lipinski definition) is 1. The summed E-state index contributed by atoms with van der Waals surface area (Å²) in [5, 5.41) is 11.2. The van der Waals surface area contributed by atoms with Crippen LogP contribution in [0, 0.1) is 11.8 Å². The number of likely N-dealkylation sites (tertiary alicyclic amines) is 1. The molecule has 1 saturated heterocycles. The van der Waals surface area contributed by atoms with Crippen LogP contribution in [0.4, 0.5) is 10.5 Å². The number of rotatable bonds is 6. The van der Waals surface area contributed by atoms with E-state index in [1.165, 1.54) is 41.3 Å². The molecule has 37 heavy (non-hydrogen) atoms. The summed E-state index contributed by atoms with van der Waals surface area (Å²) in [6.07, 6.45) is -1.03. The van der Waals surface area contributed by atoms with Crippen LogP contribution >= 0.6 is 0 Å². The molecular formula is C27H32N2O7S. The average Bonchev–Trinajstić information content (AvgIpc) is 2.87. The van der Waals surface area contributed by atoms with Gasteiger partial charge in [-0.25, -0.2) is 13.2 Å². The van der Waals surface area contributed by atoms with Crippen LogP contribution in [0.2, 0.25) is 0 Å². The Labute approximate surface area is 217 Å². The van der Waals surface area contributed by atoms with Crippen molar-refractivity contribution in [2.24, 2.45) is 0 Å². The van der Waals surface area contributed by atoms with Crippen molar-refractivity contribution in [1.29, 1.82) is 0 Å². The molecule has 1 N–H and O–H groups in total. The van der Waals surface area contributed by atoms with Gasteiger partial charge in [0.15, 0.2) is 14.6 Å². The molecule has 2 amide bonds. The fourth-order valence-corrected chi connectivity index (χ4v) is 5.97. The molecular weight excluding hydrogens is 496 g/mol. The molecule has 0 radical (unpaired) electrons. The molecule has 0 unspecified atom stereocenters. The van der Waals surface area contributed by atoms with Crippen LogP contribution in [0.25, 0.3) is 0 Å². The lowest BCUT2D eigenvalue weighted by Gasteiger charge is -2.41. The molecule has 1 heterocycles. The SMILES string of the molecule is CC#CCOc1ccc(S(=O)(=O)C2(C(=O)N(O)c3ccccc3)CCN(C(=O)OC(C)(C)C)CC2)cc1. The van der Waals surface area contributed by atoms with Crippen molar-refractivity contribution in [3.63, 3.8) is 0 Å². The Hall–Kier alpha value is -3.55. The lowest BCUT2D eigenvalue weighted by molar-refractivity contribution is -0.127. The van der Waals surface area contributed by atoms with E-state index in [9.17, 15) is 23.2 Å². The second-order valence-electron chi connectivity index (χ2n) is 9.60. The van der Waals surface area contributed by atoms with Crippen LogP contribution in [0.5, 0.6) is 5.75 Å². The van der Waals surface area contributed by atoms with Gasteiger partial charge < -0.3 is 14.4 Å². The molecule has 0 saturated carbocycles. The van der Waals surface area contributed by atoms with E-state index in [-0.39, 0.29) is 43.1 Å². The first-order valence-electron chi connectivity index (χ1n) is 11.8. The lowest BCUT2D eigenvalue weighted by atomic mass is 9.94. The smallest absolute Gasteiger partial charge is 0.410 e. The molecule has 1 aliphatic heterocycles. The monoisotopic (exact) mass is 528 g/mol. The second kappa shape index (κ2) is 11.2. The van der Waals surface area contributed by atoms with Gasteiger partial charge >= 0.3 is 6.09 Å². The number of piperidine rings is 1. The van der Waals surface area contributed by atoms with E-state index < -0.39 is 32.2 Å². The Morgan fingerprint density at radius 1 is 1.05 bits per heavy atom. The summed E-state index contributed by atoms with van der Waals surface area (Å²) < 4.78 is 36.9. The molecule has 1 aliphatic rings. The van der Waals surface area contributed by atoms with Crippen LogP contribution in [-0.4, -0.2) is 60.6 Å². The topological polar surface area (TPSA) is 113 Å². The fourth-order valence-electron chi connectivity index (χ4n) is 3.99. The Balaban J connectivity index is 1.96. The van der Waals surface area contributed by atoms with Gasteiger partial charge in [0.05, 0.1) is 10.6 Å². The number of carbonyl (C=O) groups is 2. The van der Waals surface area contributed by atoms with Crippen molar-refractivity contribution in [2.45, 2.75) is 55.8 Å². The fraction of sp³-hybridized carbons (Fsp3) is 0.407. The molecule has 0 aliphatic carbocycles. The van der Waals surface area contributed by atoms with Gasteiger partial charge in [-0.1, -0.05) is 24.1 Å². The Morgan fingerprint density at radius 3 is 2.19 bits per heavy atom. The van der Waals surface area contributed by atoms with Gasteiger partial charge in [-0.05, 0) is 76.9 Å². The first-order chi connectivity index (χ1) is 17.4. The summed E-state index contributed by atoms with van der Waals surface area (Å²) in [4.78, 5) is 27.6. The number of amides is 2. The van der Waals surface area contributed by atoms with E-state index in [1.54, 1.807) is 45.9 Å². The van der Waals surface area contributed by atoms with Crippen molar-refractivity contribution in [3.05, 3.63) is 54.6 Å². The quantitative estimate of drug-likeness (QED) is 0.342. The number of sulfone groups is 1. The van der Waals surface area contributed by atoms with Gasteiger partial charge in [-0.15, -0.1) is 5.92 Å². The third-order valence-corrected chi connectivity index (χ3v) is 8.45. The van der Waals surface area contributed by atoms with Gasteiger partial charge in [0, 0.05) is 13.1 Å². The van der Waals surface area contributed by atoms with Crippen LogP contribution in [0.15, 0.2) is 59.5 Å². The van der Waals surface area contributed by atoms with Crippen LogP contribution in [0.1, 0.15) is 40.5 Å². The maximum absolute atomic E-state index is 14.0. The minimum absolute atomic E-state index is 0.0423. The van der Waals surface area contributed by atoms with E-state index in [2.05, 4.69) is 11.8 Å². The van der Waals surface area contributed by atoms with Gasteiger partial charge in [0.1, 0.15) is 18.0 Å². The largest absolute Gasteiger partial charge is 0.481 e. The molecule has 0 atom stereocenters. The summed E-state index contributed by atoms with van der Waals surface area (Å²) in [6, 6.07) is 13.7. The summed E-state index contributed by atoms with van der Waals surface area (Å²) in [6.45, 7) is 6.96. The molecule has 2 aromatic carbocycles. The highest BCUT2D eigenvalue weighted by Gasteiger charge is 2.55. The first kappa shape index (κ1) is 28.0. The number of carbonyl (C=O) groups excluding carboxylic acids is 2. The molecule has 9 nitrogen and oxygen atoms in total. The van der Waals surface area contributed by atoms with E-state index >= 15 is 0 Å². The molecule has 198 valence electrons. The average molecular weight is 529 g/mol. The maximum atomic E-state index is 14.0. The highest BCUT2D eigenvalue weighted by Crippen LogP contribution is 2.39. The number of hydrogen-bond acceptors (Lipinski definition) is 7. The highest BCUT2D eigenvalue weighted by molar-refractivity contribution is 7.93. The normalized spacial score (nSPS) is 15.2. The van der Waals surface area contributed by atoms with E-state index in [0.29, 0.717) is 10.8 Å². The Bertz CT molecular complexity index is 1270. The zero-order valence-corrected chi connectivity index (χ0v) is 22.2. The van der Waals surface area contributed by atoms with E-state index in [0.717, 1.165) is 0 Å². The van der Waals surface area contributed by atoms with E-state index in [4.69, 9.17) is 9.47 Å². The number of benzene rings is 2. The second-order valence-corrected chi connectivity index (χ2v) is 11.9. The summed E-state index contributed by atoms with van der Waals surface area (Å²) >= 11 is 0. The van der Waals surface area contributed by atoms with Crippen molar-refractivity contribution in [1.82, 2.24) is 4.90 Å². The number of para-hydroxylation sites is 1. The zero-order valence-electron chi connectivity index (χ0n) is 21.4. The van der Waals surface area contributed by atoms with E-state index in [1.807, 2.05) is 0 Å². The van der Waals surface area contributed by atoms with Crippen molar-refractivity contribution in [3.8, 4) is 17.6 Å². The van der Waals surface area contributed by atoms with Gasteiger partial charge in [0.25, 0.3) is 5.91 Å². The van der Waals surface area contributed by atoms with Gasteiger partial charge in [-0.2, -0.15) is 5.06 Å². The van der Waals surface area contributed by atoms with Gasteiger partial charge in [-0.3, -0.25) is 10.0 Å².